The van der Waals surface area contributed by atoms with Crippen LogP contribution in [-0.4, -0.2) is 33.9 Å². The largest absolute Gasteiger partial charge is 0.332 e. The zero-order valence-electron chi connectivity index (χ0n) is 11.8. The third-order valence-corrected chi connectivity index (χ3v) is 3.66. The second-order valence-electron chi connectivity index (χ2n) is 4.51. The van der Waals surface area contributed by atoms with Crippen LogP contribution in [0.4, 0.5) is 0 Å². The number of nitrogens with one attached hydrogen (secondary N) is 1. The Labute approximate surface area is 135 Å². The maximum Gasteiger partial charge on any atom is 0.252 e. The summed E-state index contributed by atoms with van der Waals surface area (Å²) in [5.74, 6) is -0.253. The summed E-state index contributed by atoms with van der Waals surface area (Å²) in [7, 11) is 0. The summed E-state index contributed by atoms with van der Waals surface area (Å²) in [5, 5.41) is 2.79. The van der Waals surface area contributed by atoms with Gasteiger partial charge in [0.15, 0.2) is 0 Å². The summed E-state index contributed by atoms with van der Waals surface area (Å²) < 4.78 is -1.59. The maximum atomic E-state index is 12.3. The number of carbonyl (C=O) groups excluding carboxylic acids is 1. The minimum Gasteiger partial charge on any atom is -0.332 e. The number of nitrogens with zero attached hydrogens (tertiary/aromatic N) is 1. The van der Waals surface area contributed by atoms with Crippen LogP contribution in [0.5, 0.6) is 0 Å². The van der Waals surface area contributed by atoms with Gasteiger partial charge in [0.2, 0.25) is 3.79 Å². The molecule has 1 unspecified atom stereocenters. The number of alkyl halides is 3. The van der Waals surface area contributed by atoms with Crippen molar-refractivity contribution in [2.75, 3.05) is 13.1 Å². The van der Waals surface area contributed by atoms with Crippen molar-refractivity contribution in [3.05, 3.63) is 35.4 Å². The predicted molar refractivity (Wildman–Crippen MR) is 85.6 cm³/mol. The van der Waals surface area contributed by atoms with Crippen molar-refractivity contribution < 1.29 is 4.79 Å². The number of rotatable bonds is 5. The van der Waals surface area contributed by atoms with Crippen LogP contribution in [0.3, 0.4) is 0 Å². The highest BCUT2D eigenvalue weighted by atomic mass is 35.6. The average Bonchev–Trinajstić information content (AvgIpc) is 2.37. The Bertz CT molecular complexity index is 456. The van der Waals surface area contributed by atoms with Crippen LogP contribution in [0.1, 0.15) is 29.8 Å². The third kappa shape index (κ3) is 4.81. The molecule has 0 aliphatic rings. The Morgan fingerprint density at radius 2 is 1.90 bits per heavy atom. The van der Waals surface area contributed by atoms with Gasteiger partial charge in [-0.15, -0.1) is 0 Å². The molecule has 1 rings (SSSR count). The minimum atomic E-state index is -1.59. The lowest BCUT2D eigenvalue weighted by molar-refractivity contribution is 0.0862. The molecule has 0 bridgehead atoms. The lowest BCUT2D eigenvalue weighted by atomic mass is 10.1. The fourth-order valence-electron chi connectivity index (χ4n) is 1.96. The molecule has 0 saturated heterocycles. The van der Waals surface area contributed by atoms with Gasteiger partial charge in [0, 0.05) is 5.56 Å². The van der Waals surface area contributed by atoms with Gasteiger partial charge in [-0.2, -0.15) is 0 Å². The normalized spacial score (nSPS) is 13.3. The second-order valence-corrected chi connectivity index (χ2v) is 6.88. The van der Waals surface area contributed by atoms with E-state index in [-0.39, 0.29) is 5.91 Å². The molecule has 6 heteroatoms. The molecule has 112 valence electrons. The molecule has 0 radical (unpaired) electrons. The molecular formula is C14H19Cl3N2O. The number of amides is 1. The van der Waals surface area contributed by atoms with Gasteiger partial charge in [0.25, 0.3) is 5.91 Å². The predicted octanol–water partition coefficient (Wildman–Crippen LogP) is 3.76. The van der Waals surface area contributed by atoms with Gasteiger partial charge < -0.3 is 5.32 Å². The fraction of sp³-hybridized carbons (Fsp3) is 0.500. The van der Waals surface area contributed by atoms with Gasteiger partial charge in [0.1, 0.15) is 6.17 Å². The summed E-state index contributed by atoms with van der Waals surface area (Å²) in [4.78, 5) is 14.2. The lowest BCUT2D eigenvalue weighted by Crippen LogP contribution is -2.55. The Morgan fingerprint density at radius 1 is 1.30 bits per heavy atom. The molecule has 1 aromatic rings. The number of hydrogen-bond acceptors (Lipinski definition) is 2. The number of carbonyl (C=O) groups is 1. The van der Waals surface area contributed by atoms with E-state index in [0.717, 1.165) is 5.56 Å². The van der Waals surface area contributed by atoms with Gasteiger partial charge in [0.05, 0.1) is 0 Å². The molecule has 1 aromatic carbocycles. The van der Waals surface area contributed by atoms with E-state index in [1.165, 1.54) is 0 Å². The van der Waals surface area contributed by atoms with Gasteiger partial charge >= 0.3 is 0 Å². The summed E-state index contributed by atoms with van der Waals surface area (Å²) in [6.07, 6.45) is -0.671. The topological polar surface area (TPSA) is 32.3 Å². The lowest BCUT2D eigenvalue weighted by Gasteiger charge is -2.35. The summed E-state index contributed by atoms with van der Waals surface area (Å²) in [6.45, 7) is 7.16. The van der Waals surface area contributed by atoms with Crippen LogP contribution >= 0.6 is 34.8 Å². The molecule has 0 aromatic heterocycles. The summed E-state index contributed by atoms with van der Waals surface area (Å²) in [5.41, 5.74) is 1.56. The Balaban J connectivity index is 2.93. The first kappa shape index (κ1) is 17.6. The average molecular weight is 338 g/mol. The maximum absolute atomic E-state index is 12.3. The van der Waals surface area contributed by atoms with Crippen LogP contribution < -0.4 is 5.32 Å². The SMILES string of the molecule is CCN(CC)C(NC(=O)c1cccc(C)c1)C(Cl)(Cl)Cl. The Kier molecular flexibility index (Phi) is 6.59. The Hall–Kier alpha value is -0.480. The molecule has 0 aliphatic carbocycles. The zero-order chi connectivity index (χ0) is 15.3. The molecule has 20 heavy (non-hydrogen) atoms. The minimum absolute atomic E-state index is 0.253. The summed E-state index contributed by atoms with van der Waals surface area (Å²) in [6, 6.07) is 7.28. The van der Waals surface area contributed by atoms with E-state index in [2.05, 4.69) is 5.32 Å². The molecule has 3 nitrogen and oxygen atoms in total. The van der Waals surface area contributed by atoms with E-state index in [4.69, 9.17) is 34.8 Å². The number of benzene rings is 1. The standard InChI is InChI=1S/C14H19Cl3N2O/c1-4-19(5-2)13(14(15,16)17)18-12(20)11-8-6-7-10(3)9-11/h6-9,13H,4-5H2,1-3H3,(H,18,20). The van der Waals surface area contributed by atoms with Crippen molar-refractivity contribution in [2.24, 2.45) is 0 Å². The van der Waals surface area contributed by atoms with Crippen LogP contribution in [0, 0.1) is 6.92 Å². The van der Waals surface area contributed by atoms with Crippen molar-refractivity contribution in [1.82, 2.24) is 10.2 Å². The van der Waals surface area contributed by atoms with Gasteiger partial charge in [-0.3, -0.25) is 9.69 Å². The third-order valence-electron chi connectivity index (χ3n) is 3.04. The van der Waals surface area contributed by atoms with Gasteiger partial charge in [-0.1, -0.05) is 66.3 Å². The van der Waals surface area contributed by atoms with Crippen molar-refractivity contribution >= 4 is 40.7 Å². The van der Waals surface area contributed by atoms with Crippen LogP contribution in [-0.2, 0) is 0 Å². The van der Waals surface area contributed by atoms with Gasteiger partial charge in [-0.05, 0) is 32.1 Å². The van der Waals surface area contributed by atoms with E-state index in [9.17, 15) is 4.79 Å². The monoisotopic (exact) mass is 336 g/mol. The molecule has 0 saturated carbocycles. The molecule has 0 spiro atoms. The van der Waals surface area contributed by atoms with E-state index >= 15 is 0 Å². The van der Waals surface area contributed by atoms with Crippen molar-refractivity contribution in [3.8, 4) is 0 Å². The zero-order valence-corrected chi connectivity index (χ0v) is 14.1. The molecule has 0 aliphatic heterocycles. The smallest absolute Gasteiger partial charge is 0.252 e. The van der Waals surface area contributed by atoms with E-state index in [1.54, 1.807) is 12.1 Å². The van der Waals surface area contributed by atoms with Crippen molar-refractivity contribution in [2.45, 2.75) is 30.7 Å². The van der Waals surface area contributed by atoms with Crippen molar-refractivity contribution in [1.29, 1.82) is 0 Å². The molecule has 0 fully saturated rings. The van der Waals surface area contributed by atoms with Crippen molar-refractivity contribution in [3.63, 3.8) is 0 Å². The van der Waals surface area contributed by atoms with Crippen LogP contribution in [0.2, 0.25) is 0 Å². The molecule has 0 heterocycles. The van der Waals surface area contributed by atoms with Crippen LogP contribution in [0.25, 0.3) is 0 Å². The number of aryl methyl sites for hydroxylation is 1. The van der Waals surface area contributed by atoms with E-state index < -0.39 is 9.96 Å². The summed E-state index contributed by atoms with van der Waals surface area (Å²) >= 11 is 18.0. The molecule has 1 amide bonds. The fourth-order valence-corrected chi connectivity index (χ4v) is 2.54. The van der Waals surface area contributed by atoms with Gasteiger partial charge in [-0.25, -0.2) is 0 Å². The highest BCUT2D eigenvalue weighted by Gasteiger charge is 2.37. The molecular weight excluding hydrogens is 319 g/mol. The molecule has 1 N–H and O–H groups in total. The number of hydrogen-bond donors (Lipinski definition) is 1. The van der Waals surface area contributed by atoms with E-state index in [0.29, 0.717) is 18.7 Å². The highest BCUT2D eigenvalue weighted by Crippen LogP contribution is 2.32. The van der Waals surface area contributed by atoms with Crippen LogP contribution in [0.15, 0.2) is 24.3 Å². The molecule has 1 atom stereocenters. The quantitative estimate of drug-likeness (QED) is 0.655. The number of halogens is 3. The first-order valence-electron chi connectivity index (χ1n) is 6.47. The highest BCUT2D eigenvalue weighted by molar-refractivity contribution is 6.68. The Morgan fingerprint density at radius 3 is 2.35 bits per heavy atom. The first-order chi connectivity index (χ1) is 9.29. The second kappa shape index (κ2) is 7.51. The first-order valence-corrected chi connectivity index (χ1v) is 7.61. The van der Waals surface area contributed by atoms with E-state index in [1.807, 2.05) is 37.8 Å².